The van der Waals surface area contributed by atoms with Crippen molar-refractivity contribution in [2.75, 3.05) is 18.0 Å². The molecule has 4 aromatic rings. The van der Waals surface area contributed by atoms with E-state index in [2.05, 4.69) is 39.5 Å². The Balaban J connectivity index is 1.23. The Morgan fingerprint density at radius 3 is 2.85 bits per heavy atom. The van der Waals surface area contributed by atoms with Gasteiger partial charge in [-0.2, -0.15) is 5.10 Å². The molecule has 6 nitrogen and oxygen atoms in total. The van der Waals surface area contributed by atoms with Crippen molar-refractivity contribution in [1.82, 2.24) is 19.9 Å². The van der Waals surface area contributed by atoms with Crippen molar-refractivity contribution in [3.63, 3.8) is 0 Å². The van der Waals surface area contributed by atoms with Gasteiger partial charge < -0.3 is 10.2 Å². The third-order valence-corrected chi connectivity index (χ3v) is 7.39. The molecule has 3 heterocycles. The zero-order valence-electron chi connectivity index (χ0n) is 18.8. The molecular weight excluding hydrogens is 446 g/mol. The minimum atomic E-state index is -0.0606. The summed E-state index contributed by atoms with van der Waals surface area (Å²) < 4.78 is 1.85. The number of amides is 1. The standard InChI is InChI=1S/C27H26ClN5O/c28-22-10-4-3-9-21(22)24-16-25-26(29-13-15-33(25)31-24)32-14-5-7-19(17-32)27(34)30-23-12-11-18-6-1-2-8-20(18)23/h1-4,6,8-10,13,15-16,19,23H,5,7,11-12,14,17H2,(H,30,34)/t19-,23-/m1/s1. The highest BCUT2D eigenvalue weighted by molar-refractivity contribution is 6.33. The monoisotopic (exact) mass is 471 g/mol. The molecule has 2 aromatic heterocycles. The lowest BCUT2D eigenvalue weighted by molar-refractivity contribution is -0.126. The van der Waals surface area contributed by atoms with E-state index in [1.54, 1.807) is 6.20 Å². The summed E-state index contributed by atoms with van der Waals surface area (Å²) in [4.78, 5) is 20.2. The molecule has 1 aliphatic heterocycles. The van der Waals surface area contributed by atoms with Crippen LogP contribution in [0.5, 0.6) is 0 Å². The molecular formula is C27H26ClN5O. The topological polar surface area (TPSA) is 62.5 Å². The molecule has 0 unspecified atom stereocenters. The normalized spacial score (nSPS) is 19.9. The second-order valence-electron chi connectivity index (χ2n) is 9.17. The molecule has 0 saturated carbocycles. The quantitative estimate of drug-likeness (QED) is 0.451. The number of aryl methyl sites for hydroxylation is 1. The maximum atomic E-state index is 13.2. The van der Waals surface area contributed by atoms with Crippen molar-refractivity contribution in [2.45, 2.75) is 31.7 Å². The van der Waals surface area contributed by atoms with E-state index in [9.17, 15) is 4.79 Å². The molecule has 2 aromatic carbocycles. The first-order valence-corrected chi connectivity index (χ1v) is 12.3. The molecule has 34 heavy (non-hydrogen) atoms. The van der Waals surface area contributed by atoms with E-state index < -0.39 is 0 Å². The van der Waals surface area contributed by atoms with Crippen molar-refractivity contribution < 1.29 is 4.79 Å². The minimum absolute atomic E-state index is 0.0606. The number of hydrogen-bond acceptors (Lipinski definition) is 4. The first kappa shape index (κ1) is 21.2. The van der Waals surface area contributed by atoms with Crippen LogP contribution in [0, 0.1) is 5.92 Å². The van der Waals surface area contributed by atoms with Gasteiger partial charge in [0, 0.05) is 31.0 Å². The zero-order chi connectivity index (χ0) is 23.1. The summed E-state index contributed by atoms with van der Waals surface area (Å²) >= 11 is 6.41. The van der Waals surface area contributed by atoms with E-state index in [1.165, 1.54) is 11.1 Å². The van der Waals surface area contributed by atoms with Gasteiger partial charge in [-0.3, -0.25) is 4.79 Å². The van der Waals surface area contributed by atoms with Crippen molar-refractivity contribution in [2.24, 2.45) is 5.92 Å². The van der Waals surface area contributed by atoms with E-state index in [1.807, 2.05) is 41.0 Å². The van der Waals surface area contributed by atoms with E-state index in [4.69, 9.17) is 16.7 Å². The zero-order valence-corrected chi connectivity index (χ0v) is 19.6. The van der Waals surface area contributed by atoms with Crippen LogP contribution in [0.3, 0.4) is 0 Å². The predicted molar refractivity (Wildman–Crippen MR) is 134 cm³/mol. The van der Waals surface area contributed by atoms with Crippen LogP contribution in [0.2, 0.25) is 5.02 Å². The number of nitrogens with zero attached hydrogens (tertiary/aromatic N) is 4. The van der Waals surface area contributed by atoms with Gasteiger partial charge in [-0.05, 0) is 48.9 Å². The fourth-order valence-corrected chi connectivity index (χ4v) is 5.57. The van der Waals surface area contributed by atoms with E-state index in [-0.39, 0.29) is 17.9 Å². The third kappa shape index (κ3) is 3.82. The number of rotatable bonds is 4. The number of fused-ring (bicyclic) bond motifs is 2. The van der Waals surface area contributed by atoms with Crippen LogP contribution >= 0.6 is 11.6 Å². The highest BCUT2D eigenvalue weighted by atomic mass is 35.5. The van der Waals surface area contributed by atoms with E-state index in [0.29, 0.717) is 11.6 Å². The lowest BCUT2D eigenvalue weighted by Gasteiger charge is -2.33. The van der Waals surface area contributed by atoms with Gasteiger partial charge in [0.15, 0.2) is 5.82 Å². The van der Waals surface area contributed by atoms with Crippen LogP contribution < -0.4 is 10.2 Å². The summed E-state index contributed by atoms with van der Waals surface area (Å²) in [6.45, 7) is 1.52. The van der Waals surface area contributed by atoms with E-state index >= 15 is 0 Å². The number of carbonyl (C=O) groups excluding carboxylic acids is 1. The van der Waals surface area contributed by atoms with Gasteiger partial charge in [-0.1, -0.05) is 54.1 Å². The van der Waals surface area contributed by atoms with Crippen LogP contribution in [0.15, 0.2) is 67.0 Å². The second kappa shape index (κ2) is 8.76. The van der Waals surface area contributed by atoms with Crippen LogP contribution in [-0.2, 0) is 11.2 Å². The molecule has 0 bridgehead atoms. The van der Waals surface area contributed by atoms with E-state index in [0.717, 1.165) is 54.8 Å². The Morgan fingerprint density at radius 1 is 1.09 bits per heavy atom. The largest absolute Gasteiger partial charge is 0.354 e. The van der Waals surface area contributed by atoms with Crippen LogP contribution in [0.25, 0.3) is 16.8 Å². The van der Waals surface area contributed by atoms with Gasteiger partial charge in [0.1, 0.15) is 5.52 Å². The number of benzene rings is 2. The summed E-state index contributed by atoms with van der Waals surface area (Å²) in [5, 5.41) is 8.73. The van der Waals surface area contributed by atoms with Crippen molar-refractivity contribution in [3.8, 4) is 11.3 Å². The molecule has 1 saturated heterocycles. The van der Waals surface area contributed by atoms with Gasteiger partial charge in [0.2, 0.25) is 5.91 Å². The van der Waals surface area contributed by atoms with Crippen molar-refractivity contribution in [3.05, 3.63) is 83.1 Å². The average molecular weight is 472 g/mol. The fourth-order valence-electron chi connectivity index (χ4n) is 5.33. The Labute approximate surface area is 203 Å². The van der Waals surface area contributed by atoms with Crippen LogP contribution in [0.4, 0.5) is 5.82 Å². The van der Waals surface area contributed by atoms with Gasteiger partial charge in [0.25, 0.3) is 0 Å². The molecule has 7 heteroatoms. The predicted octanol–water partition coefficient (Wildman–Crippen LogP) is 5.07. The first-order valence-electron chi connectivity index (χ1n) is 11.9. The average Bonchev–Trinajstić information content (AvgIpc) is 3.49. The maximum absolute atomic E-state index is 13.2. The number of halogens is 1. The van der Waals surface area contributed by atoms with Gasteiger partial charge in [-0.25, -0.2) is 9.50 Å². The number of nitrogens with one attached hydrogen (secondary N) is 1. The second-order valence-corrected chi connectivity index (χ2v) is 9.58. The SMILES string of the molecule is O=C(N[C@@H]1CCc2ccccc21)[C@@H]1CCCN(c2nccn3nc(-c4ccccc4Cl)cc23)C1. The third-order valence-electron chi connectivity index (χ3n) is 7.06. The molecule has 0 radical (unpaired) electrons. The molecule has 1 amide bonds. The molecule has 2 atom stereocenters. The van der Waals surface area contributed by atoms with Crippen LogP contribution in [-0.4, -0.2) is 33.6 Å². The van der Waals surface area contributed by atoms with Gasteiger partial charge in [-0.15, -0.1) is 0 Å². The smallest absolute Gasteiger partial charge is 0.225 e. The minimum Gasteiger partial charge on any atom is -0.354 e. The summed E-state index contributed by atoms with van der Waals surface area (Å²) in [6, 6.07) is 18.3. The summed E-state index contributed by atoms with van der Waals surface area (Å²) in [5.74, 6) is 0.940. The molecule has 6 rings (SSSR count). The van der Waals surface area contributed by atoms with Crippen molar-refractivity contribution in [1.29, 1.82) is 0 Å². The Bertz CT molecular complexity index is 1370. The summed E-state index contributed by atoms with van der Waals surface area (Å²) in [6.07, 6.45) is 7.47. The molecule has 2 aliphatic rings. The molecule has 1 aliphatic carbocycles. The summed E-state index contributed by atoms with van der Waals surface area (Å²) in [5.41, 5.74) is 5.24. The van der Waals surface area contributed by atoms with Gasteiger partial charge >= 0.3 is 0 Å². The van der Waals surface area contributed by atoms with Crippen LogP contribution in [0.1, 0.15) is 36.4 Å². The molecule has 172 valence electrons. The molecule has 1 N–H and O–H groups in total. The Hall–Kier alpha value is -3.38. The number of hydrogen-bond donors (Lipinski definition) is 1. The number of piperidine rings is 1. The lowest BCUT2D eigenvalue weighted by atomic mass is 9.96. The number of aromatic nitrogens is 3. The fraction of sp³-hybridized carbons (Fsp3) is 0.296. The highest BCUT2D eigenvalue weighted by Crippen LogP contribution is 2.33. The highest BCUT2D eigenvalue weighted by Gasteiger charge is 2.31. The number of anilines is 1. The Morgan fingerprint density at radius 2 is 1.94 bits per heavy atom. The van der Waals surface area contributed by atoms with Crippen molar-refractivity contribution >= 4 is 28.8 Å². The number of carbonyl (C=O) groups is 1. The first-order chi connectivity index (χ1) is 16.7. The van der Waals surface area contributed by atoms with Gasteiger partial charge in [0.05, 0.1) is 22.7 Å². The maximum Gasteiger partial charge on any atom is 0.225 e. The Kier molecular flexibility index (Phi) is 5.46. The summed E-state index contributed by atoms with van der Waals surface area (Å²) in [7, 11) is 0. The molecule has 0 spiro atoms. The molecule has 1 fully saturated rings. The lowest BCUT2D eigenvalue weighted by Crippen LogP contribution is -2.44.